The fourth-order valence-electron chi connectivity index (χ4n) is 3.83. The molecule has 0 saturated heterocycles. The Morgan fingerprint density at radius 3 is 2.59 bits per heavy atom. The number of carbonyl (C=O) groups is 1. The van der Waals surface area contributed by atoms with Gasteiger partial charge in [-0.05, 0) is 59.9 Å². The van der Waals surface area contributed by atoms with Gasteiger partial charge < -0.3 is 4.74 Å². The third-order valence-corrected chi connectivity index (χ3v) is 6.76. The number of ether oxygens (including phenoxy) is 1. The summed E-state index contributed by atoms with van der Waals surface area (Å²) in [5.74, 6) is 1.05. The van der Waals surface area contributed by atoms with Crippen molar-refractivity contribution in [3.63, 3.8) is 0 Å². The number of pyridine rings is 1. The second-order valence-electron chi connectivity index (χ2n) is 8.68. The second-order valence-corrected chi connectivity index (χ2v) is 9.69. The van der Waals surface area contributed by atoms with Crippen LogP contribution >= 0.6 is 11.3 Å². The number of anilines is 1. The number of nitrogens with zero attached hydrogens (tertiary/aromatic N) is 3. The molecule has 4 rings (SSSR count). The van der Waals surface area contributed by atoms with Crippen LogP contribution in [0.2, 0.25) is 0 Å². The van der Waals surface area contributed by atoms with Crippen LogP contribution in [0, 0.1) is 0 Å². The first-order valence-corrected chi connectivity index (χ1v) is 12.7. The molecule has 0 unspecified atom stereocenters. The van der Waals surface area contributed by atoms with Crippen molar-refractivity contribution in [2.24, 2.45) is 0 Å². The van der Waals surface area contributed by atoms with E-state index in [0.29, 0.717) is 29.8 Å². The van der Waals surface area contributed by atoms with Gasteiger partial charge in [0.2, 0.25) is 0 Å². The molecule has 176 valence electrons. The number of hydrogen-bond acceptors (Lipinski definition) is 5. The number of carbonyl (C=O) groups excluding carboxylic acids is 1. The van der Waals surface area contributed by atoms with Gasteiger partial charge in [0, 0.05) is 18.0 Å². The predicted octanol–water partition coefficient (Wildman–Crippen LogP) is 7.23. The van der Waals surface area contributed by atoms with Crippen LogP contribution in [0.25, 0.3) is 10.2 Å². The molecule has 34 heavy (non-hydrogen) atoms. The van der Waals surface area contributed by atoms with Gasteiger partial charge in [-0.15, -0.1) is 0 Å². The number of aromatic nitrogens is 2. The molecule has 1 amide bonds. The molecule has 4 aromatic rings. The number of fused-ring (bicyclic) bond motifs is 1. The van der Waals surface area contributed by atoms with Gasteiger partial charge in [0.15, 0.2) is 5.13 Å². The average Bonchev–Trinajstić information content (AvgIpc) is 3.30. The van der Waals surface area contributed by atoms with Crippen LogP contribution in [0.1, 0.15) is 67.4 Å². The molecule has 2 aromatic heterocycles. The molecule has 0 saturated carbocycles. The van der Waals surface area contributed by atoms with Crippen LogP contribution in [-0.4, -0.2) is 22.5 Å². The molecular formula is C28H31N3O2S. The van der Waals surface area contributed by atoms with Gasteiger partial charge in [-0.2, -0.15) is 0 Å². The van der Waals surface area contributed by atoms with Gasteiger partial charge in [-0.3, -0.25) is 14.7 Å². The van der Waals surface area contributed by atoms with Crippen LogP contribution in [0.15, 0.2) is 67.0 Å². The topological polar surface area (TPSA) is 55.3 Å². The van der Waals surface area contributed by atoms with Crippen molar-refractivity contribution >= 4 is 32.6 Å². The highest BCUT2D eigenvalue weighted by atomic mass is 32.1. The highest BCUT2D eigenvalue weighted by molar-refractivity contribution is 7.22. The summed E-state index contributed by atoms with van der Waals surface area (Å²) in [6, 6.07) is 17.5. The normalized spacial score (nSPS) is 11.2. The monoisotopic (exact) mass is 473 g/mol. The summed E-state index contributed by atoms with van der Waals surface area (Å²) in [6.45, 7) is 7.60. The van der Waals surface area contributed by atoms with Crippen molar-refractivity contribution in [2.75, 3.05) is 11.5 Å². The van der Waals surface area contributed by atoms with Crippen molar-refractivity contribution in [2.45, 2.75) is 52.5 Å². The minimum atomic E-state index is -0.0912. The van der Waals surface area contributed by atoms with Gasteiger partial charge in [0.25, 0.3) is 5.91 Å². The molecule has 0 N–H and O–H groups in total. The van der Waals surface area contributed by atoms with E-state index in [4.69, 9.17) is 9.72 Å². The SMILES string of the molecule is CCCCCOc1ccc(C(=O)N(Cc2cccnc2)c2nc3c(C(C)C)cccc3s2)cc1. The molecule has 0 aliphatic carbocycles. The molecular weight excluding hydrogens is 442 g/mol. The largest absolute Gasteiger partial charge is 0.494 e. The summed E-state index contributed by atoms with van der Waals surface area (Å²) in [5.41, 5.74) is 3.72. The quantitative estimate of drug-likeness (QED) is 0.228. The third kappa shape index (κ3) is 5.62. The average molecular weight is 474 g/mol. The highest BCUT2D eigenvalue weighted by Crippen LogP contribution is 2.34. The zero-order valence-electron chi connectivity index (χ0n) is 20.0. The first-order valence-electron chi connectivity index (χ1n) is 11.9. The smallest absolute Gasteiger partial charge is 0.260 e. The maximum Gasteiger partial charge on any atom is 0.260 e. The molecule has 0 bridgehead atoms. The Bertz CT molecular complexity index is 1220. The Balaban J connectivity index is 1.63. The minimum Gasteiger partial charge on any atom is -0.494 e. The van der Waals surface area contributed by atoms with E-state index in [2.05, 4.69) is 44.0 Å². The Kier molecular flexibility index (Phi) is 7.91. The van der Waals surface area contributed by atoms with Crippen molar-refractivity contribution in [1.29, 1.82) is 0 Å². The van der Waals surface area contributed by atoms with Gasteiger partial charge in [-0.25, -0.2) is 4.98 Å². The lowest BCUT2D eigenvalue weighted by atomic mass is 10.0. The number of rotatable bonds is 10. The number of amides is 1. The van der Waals surface area contributed by atoms with Crippen molar-refractivity contribution < 1.29 is 9.53 Å². The number of unbranched alkanes of at least 4 members (excludes halogenated alkanes) is 2. The predicted molar refractivity (Wildman–Crippen MR) is 140 cm³/mol. The summed E-state index contributed by atoms with van der Waals surface area (Å²) in [5, 5.41) is 0.692. The van der Waals surface area contributed by atoms with E-state index in [1.54, 1.807) is 28.6 Å². The summed E-state index contributed by atoms with van der Waals surface area (Å²) >= 11 is 1.55. The van der Waals surface area contributed by atoms with Gasteiger partial charge in [-0.1, -0.05) is 63.1 Å². The standard InChI is InChI=1S/C28H31N3O2S/c1-4-5-6-17-33-23-14-12-22(13-15-23)27(32)31(19-21-9-8-16-29-18-21)28-30-26-24(20(2)3)10-7-11-25(26)34-28/h7-16,18,20H,4-6,17,19H2,1-3H3. The number of hydrogen-bond donors (Lipinski definition) is 0. The lowest BCUT2D eigenvalue weighted by molar-refractivity contribution is 0.0985. The van der Waals surface area contributed by atoms with Gasteiger partial charge >= 0.3 is 0 Å². The highest BCUT2D eigenvalue weighted by Gasteiger charge is 2.23. The Morgan fingerprint density at radius 1 is 1.06 bits per heavy atom. The maximum atomic E-state index is 13.7. The van der Waals surface area contributed by atoms with Gasteiger partial charge in [0.05, 0.1) is 23.4 Å². The molecule has 0 spiro atoms. The summed E-state index contributed by atoms with van der Waals surface area (Å²) in [7, 11) is 0. The first-order chi connectivity index (χ1) is 16.6. The molecule has 5 nitrogen and oxygen atoms in total. The fourth-order valence-corrected chi connectivity index (χ4v) is 4.83. The van der Waals surface area contributed by atoms with E-state index < -0.39 is 0 Å². The number of benzene rings is 2. The lowest BCUT2D eigenvalue weighted by Crippen LogP contribution is -2.30. The molecule has 0 radical (unpaired) electrons. The molecule has 0 atom stereocenters. The van der Waals surface area contributed by atoms with Crippen LogP contribution in [0.5, 0.6) is 5.75 Å². The second kappa shape index (κ2) is 11.3. The molecule has 0 aliphatic rings. The summed E-state index contributed by atoms with van der Waals surface area (Å²) in [6.07, 6.45) is 6.88. The van der Waals surface area contributed by atoms with Crippen LogP contribution in [0.3, 0.4) is 0 Å². The van der Waals surface area contributed by atoms with Crippen molar-refractivity contribution in [1.82, 2.24) is 9.97 Å². The molecule has 2 heterocycles. The third-order valence-electron chi connectivity index (χ3n) is 5.72. The fraction of sp³-hybridized carbons (Fsp3) is 0.321. The molecule has 0 fully saturated rings. The van der Waals surface area contributed by atoms with E-state index in [-0.39, 0.29) is 5.91 Å². The first kappa shape index (κ1) is 23.9. The van der Waals surface area contributed by atoms with E-state index in [9.17, 15) is 4.79 Å². The Morgan fingerprint density at radius 2 is 1.88 bits per heavy atom. The molecule has 2 aromatic carbocycles. The van der Waals surface area contributed by atoms with Crippen molar-refractivity contribution in [3.8, 4) is 5.75 Å². The Labute approximate surface area is 205 Å². The van der Waals surface area contributed by atoms with Crippen LogP contribution in [0.4, 0.5) is 5.13 Å². The van der Waals surface area contributed by atoms with Crippen LogP contribution < -0.4 is 9.64 Å². The van der Waals surface area contributed by atoms with E-state index in [1.807, 2.05) is 36.4 Å². The minimum absolute atomic E-state index is 0.0912. The zero-order valence-corrected chi connectivity index (χ0v) is 20.8. The zero-order chi connectivity index (χ0) is 23.9. The maximum absolute atomic E-state index is 13.7. The van der Waals surface area contributed by atoms with E-state index in [1.165, 1.54) is 5.56 Å². The lowest BCUT2D eigenvalue weighted by Gasteiger charge is -2.20. The summed E-state index contributed by atoms with van der Waals surface area (Å²) < 4.78 is 6.90. The number of para-hydroxylation sites is 1. The molecule has 6 heteroatoms. The molecule has 0 aliphatic heterocycles. The summed E-state index contributed by atoms with van der Waals surface area (Å²) in [4.78, 5) is 24.6. The van der Waals surface area contributed by atoms with Crippen LogP contribution in [-0.2, 0) is 6.54 Å². The van der Waals surface area contributed by atoms with E-state index >= 15 is 0 Å². The van der Waals surface area contributed by atoms with Gasteiger partial charge in [0.1, 0.15) is 5.75 Å². The number of thiazole rings is 1. The van der Waals surface area contributed by atoms with Crippen molar-refractivity contribution in [3.05, 3.63) is 83.7 Å². The Hall–Kier alpha value is -3.25. The van der Waals surface area contributed by atoms with E-state index in [0.717, 1.165) is 40.8 Å².